The summed E-state index contributed by atoms with van der Waals surface area (Å²) in [6, 6.07) is 0. The van der Waals surface area contributed by atoms with Crippen molar-refractivity contribution in [1.29, 1.82) is 0 Å². The van der Waals surface area contributed by atoms with Crippen LogP contribution in [-0.4, -0.2) is 82.8 Å². The summed E-state index contributed by atoms with van der Waals surface area (Å²) < 4.78 is 19.5. The molecule has 1 unspecified atom stereocenters. The average molecular weight is 436 g/mol. The van der Waals surface area contributed by atoms with Gasteiger partial charge in [0.2, 0.25) is 0 Å². The highest BCUT2D eigenvalue weighted by Crippen LogP contribution is 2.06. The summed E-state index contributed by atoms with van der Waals surface area (Å²) in [5.74, 6) is -4.59. The van der Waals surface area contributed by atoms with E-state index in [1.54, 1.807) is 0 Å². The van der Waals surface area contributed by atoms with Crippen molar-refractivity contribution in [2.75, 3.05) is 13.2 Å². The normalized spacial score (nSPS) is 14.6. The van der Waals surface area contributed by atoms with Crippen molar-refractivity contribution in [3.63, 3.8) is 0 Å². The number of carbonyl (C=O) groups is 5. The fraction of sp³-hybridized carbons (Fsp3) is 0.722. The molecule has 0 heterocycles. The van der Waals surface area contributed by atoms with E-state index in [0.29, 0.717) is 0 Å². The summed E-state index contributed by atoms with van der Waals surface area (Å²) in [6.07, 6.45) is -5.84. The molecule has 0 radical (unpaired) electrons. The Kier molecular flexibility index (Phi) is 13.0. The van der Waals surface area contributed by atoms with Crippen LogP contribution in [0.1, 0.15) is 46.5 Å². The fourth-order valence-electron chi connectivity index (χ4n) is 1.88. The lowest BCUT2D eigenvalue weighted by molar-refractivity contribution is -0.173. The van der Waals surface area contributed by atoms with Gasteiger partial charge in [0.1, 0.15) is 25.4 Å². The Morgan fingerprint density at radius 3 is 1.83 bits per heavy atom. The van der Waals surface area contributed by atoms with Crippen LogP contribution in [0.25, 0.3) is 0 Å². The number of aliphatic hydroxyl groups is 2. The Labute approximate surface area is 173 Å². The molecule has 12 heteroatoms. The van der Waals surface area contributed by atoms with E-state index >= 15 is 0 Å². The van der Waals surface area contributed by atoms with Crippen LogP contribution in [0.2, 0.25) is 0 Å². The number of rotatable bonds is 14. The van der Waals surface area contributed by atoms with Crippen LogP contribution in [0, 0.1) is 0 Å². The molecule has 0 aliphatic carbocycles. The summed E-state index contributed by atoms with van der Waals surface area (Å²) in [6.45, 7) is 2.95. The number of carbonyl (C=O) groups excluding carboxylic acids is 4. The fourth-order valence-corrected chi connectivity index (χ4v) is 1.88. The van der Waals surface area contributed by atoms with Gasteiger partial charge in [0, 0.05) is 0 Å². The lowest BCUT2D eigenvalue weighted by atomic mass is 10.2. The number of ether oxygens (including phenoxy) is 4. The molecule has 0 aliphatic heterocycles. The van der Waals surface area contributed by atoms with Crippen LogP contribution >= 0.6 is 0 Å². The summed E-state index contributed by atoms with van der Waals surface area (Å²) in [4.78, 5) is 56.8. The van der Waals surface area contributed by atoms with Gasteiger partial charge in [-0.25, -0.2) is 4.79 Å². The Morgan fingerprint density at radius 1 is 0.767 bits per heavy atom. The number of esters is 4. The van der Waals surface area contributed by atoms with Crippen LogP contribution in [0.5, 0.6) is 0 Å². The highest BCUT2D eigenvalue weighted by atomic mass is 16.6. The molecule has 0 amide bonds. The molecule has 3 N–H and O–H groups in total. The summed E-state index contributed by atoms with van der Waals surface area (Å²) in [7, 11) is 0. The third kappa shape index (κ3) is 14.3. The number of hydrogen-bond acceptors (Lipinski definition) is 11. The average Bonchev–Trinajstić information content (AvgIpc) is 2.60. The smallest absolute Gasteiger partial charge is 0.335 e. The molecule has 0 aliphatic rings. The van der Waals surface area contributed by atoms with Gasteiger partial charge in [0.05, 0.1) is 31.8 Å². The van der Waals surface area contributed by atoms with Crippen molar-refractivity contribution in [2.24, 2.45) is 0 Å². The second-order valence-corrected chi connectivity index (χ2v) is 6.55. The highest BCUT2D eigenvalue weighted by molar-refractivity contribution is 5.77. The second-order valence-electron chi connectivity index (χ2n) is 6.55. The van der Waals surface area contributed by atoms with E-state index in [4.69, 9.17) is 29.2 Å². The predicted octanol–water partition coefficient (Wildman–Crippen LogP) is -0.677. The van der Waals surface area contributed by atoms with Crippen molar-refractivity contribution < 1.29 is 58.2 Å². The SMILES string of the molecule is C[C@H](CC(=O)OCC(COC(=O)CCC(=O)O)OC(=O)[C@@H](C)O)OC(=O)C[C@@H](C)O. The molecule has 0 saturated heterocycles. The van der Waals surface area contributed by atoms with E-state index in [2.05, 4.69) is 0 Å². The number of carboxylic acid groups (broad SMARTS) is 1. The summed E-state index contributed by atoms with van der Waals surface area (Å²) in [5, 5.41) is 26.8. The maximum atomic E-state index is 11.9. The standard InChI is InChI=1S/C18H28O12/c1-10(19)6-17(25)29-11(2)7-16(24)28-9-13(30-18(26)12(3)20)8-27-15(23)5-4-14(21)22/h10-13,19-20H,4-9H2,1-3H3,(H,21,22)/t10-,11-,12-,13?/m1/s1. The first-order valence-electron chi connectivity index (χ1n) is 9.19. The van der Waals surface area contributed by atoms with Crippen LogP contribution in [0.3, 0.4) is 0 Å². The van der Waals surface area contributed by atoms with E-state index in [1.807, 2.05) is 0 Å². The van der Waals surface area contributed by atoms with E-state index in [-0.39, 0.29) is 12.8 Å². The van der Waals surface area contributed by atoms with Gasteiger partial charge in [-0.05, 0) is 20.8 Å². The molecular formula is C18H28O12. The zero-order valence-corrected chi connectivity index (χ0v) is 17.1. The van der Waals surface area contributed by atoms with Gasteiger partial charge >= 0.3 is 29.8 Å². The minimum absolute atomic E-state index is 0.232. The quantitative estimate of drug-likeness (QED) is 0.231. The van der Waals surface area contributed by atoms with E-state index in [1.165, 1.54) is 13.8 Å². The predicted molar refractivity (Wildman–Crippen MR) is 96.8 cm³/mol. The Morgan fingerprint density at radius 2 is 1.33 bits per heavy atom. The molecular weight excluding hydrogens is 408 g/mol. The molecule has 0 aromatic carbocycles. The zero-order valence-electron chi connectivity index (χ0n) is 17.1. The van der Waals surface area contributed by atoms with Gasteiger partial charge in [-0.3, -0.25) is 19.2 Å². The molecule has 0 spiro atoms. The maximum Gasteiger partial charge on any atom is 0.335 e. The Hall–Kier alpha value is -2.73. The lowest BCUT2D eigenvalue weighted by Crippen LogP contribution is -2.34. The van der Waals surface area contributed by atoms with E-state index in [0.717, 1.165) is 6.92 Å². The highest BCUT2D eigenvalue weighted by Gasteiger charge is 2.23. The molecule has 0 saturated carbocycles. The topological polar surface area (TPSA) is 183 Å². The molecule has 0 aromatic heterocycles. The zero-order chi connectivity index (χ0) is 23.3. The molecule has 0 aromatic rings. The van der Waals surface area contributed by atoms with Crippen molar-refractivity contribution in [2.45, 2.75) is 70.9 Å². The Balaban J connectivity index is 4.58. The second kappa shape index (κ2) is 14.3. The summed E-state index contributed by atoms with van der Waals surface area (Å²) >= 11 is 0. The lowest BCUT2D eigenvalue weighted by Gasteiger charge is -2.19. The van der Waals surface area contributed by atoms with Gasteiger partial charge in [0.25, 0.3) is 0 Å². The maximum absolute atomic E-state index is 11.9. The molecule has 0 rings (SSSR count). The minimum Gasteiger partial charge on any atom is -0.481 e. The van der Waals surface area contributed by atoms with Crippen LogP contribution in [-0.2, 0) is 42.9 Å². The van der Waals surface area contributed by atoms with Crippen molar-refractivity contribution in [3.8, 4) is 0 Å². The third-order valence-electron chi connectivity index (χ3n) is 3.28. The summed E-state index contributed by atoms with van der Waals surface area (Å²) in [5.41, 5.74) is 0. The molecule has 12 nitrogen and oxygen atoms in total. The van der Waals surface area contributed by atoms with Crippen molar-refractivity contribution in [1.82, 2.24) is 0 Å². The van der Waals surface area contributed by atoms with E-state index < -0.39 is 80.3 Å². The first-order chi connectivity index (χ1) is 13.9. The number of aliphatic carboxylic acids is 1. The largest absolute Gasteiger partial charge is 0.481 e. The molecule has 4 atom stereocenters. The molecule has 0 bridgehead atoms. The van der Waals surface area contributed by atoms with Crippen molar-refractivity contribution >= 4 is 29.8 Å². The number of hydrogen-bond donors (Lipinski definition) is 3. The molecule has 172 valence electrons. The molecule has 0 fully saturated rings. The van der Waals surface area contributed by atoms with Gasteiger partial charge in [0.15, 0.2) is 6.10 Å². The first kappa shape index (κ1) is 27.3. The monoisotopic (exact) mass is 436 g/mol. The minimum atomic E-state index is -1.47. The van der Waals surface area contributed by atoms with E-state index in [9.17, 15) is 29.1 Å². The first-order valence-corrected chi connectivity index (χ1v) is 9.19. The van der Waals surface area contributed by atoms with Crippen LogP contribution in [0.15, 0.2) is 0 Å². The van der Waals surface area contributed by atoms with Crippen molar-refractivity contribution in [3.05, 3.63) is 0 Å². The number of carboxylic acids is 1. The van der Waals surface area contributed by atoms with Gasteiger partial charge in [-0.1, -0.05) is 0 Å². The van der Waals surface area contributed by atoms with Crippen LogP contribution in [0.4, 0.5) is 0 Å². The van der Waals surface area contributed by atoms with Gasteiger partial charge in [-0.2, -0.15) is 0 Å². The van der Waals surface area contributed by atoms with Gasteiger partial charge in [-0.15, -0.1) is 0 Å². The van der Waals surface area contributed by atoms with Gasteiger partial charge < -0.3 is 34.3 Å². The number of aliphatic hydroxyl groups excluding tert-OH is 2. The third-order valence-corrected chi connectivity index (χ3v) is 3.28. The van der Waals surface area contributed by atoms with Crippen LogP contribution < -0.4 is 0 Å². The Bertz CT molecular complexity index is 598. The molecule has 30 heavy (non-hydrogen) atoms.